The maximum absolute atomic E-state index is 12.2. The Balaban J connectivity index is 1.67. The van der Waals surface area contributed by atoms with Gasteiger partial charge in [-0.05, 0) is 42.5 Å². The number of carboxylic acid groups (broad SMARTS) is 1. The van der Waals surface area contributed by atoms with Crippen LogP contribution in [-0.4, -0.2) is 41.2 Å². The Labute approximate surface area is 177 Å². The molecule has 1 heterocycles. The number of hydrogen-bond donors (Lipinski definition) is 3. The van der Waals surface area contributed by atoms with Crippen LogP contribution in [-0.2, 0) is 14.4 Å². The van der Waals surface area contributed by atoms with E-state index in [0.717, 1.165) is 17.3 Å². The zero-order chi connectivity index (χ0) is 21.5. The zero-order valence-corrected chi connectivity index (χ0v) is 16.9. The second-order valence-corrected chi connectivity index (χ2v) is 7.30. The molecule has 3 N–H and O–H groups in total. The molecule has 1 saturated heterocycles. The van der Waals surface area contributed by atoms with E-state index in [-0.39, 0.29) is 23.6 Å². The SMILES string of the molecule is Cc1ccccc1NC(=O)COc1ccccc1C=C1SC(=NCC(=O)O)NC1=O. The van der Waals surface area contributed by atoms with Gasteiger partial charge in [0.15, 0.2) is 11.8 Å². The largest absolute Gasteiger partial charge is 0.483 e. The standard InChI is InChI=1S/C21H19N3O5S/c1-13-6-2-4-8-15(13)23-18(25)12-29-16-9-5-3-7-14(16)10-17-20(28)24-21(30-17)22-11-19(26)27/h2-10H,11-12H2,1H3,(H,23,25)(H,26,27)(H,22,24,28). The fourth-order valence-electron chi connectivity index (χ4n) is 2.56. The Morgan fingerprint density at radius 1 is 1.20 bits per heavy atom. The molecule has 2 amide bonds. The average Bonchev–Trinajstić information content (AvgIpc) is 3.07. The van der Waals surface area contributed by atoms with E-state index in [2.05, 4.69) is 15.6 Å². The number of ether oxygens (including phenoxy) is 1. The van der Waals surface area contributed by atoms with Crippen LogP contribution in [0.1, 0.15) is 11.1 Å². The lowest BCUT2D eigenvalue weighted by Gasteiger charge is -2.11. The Kier molecular flexibility index (Phi) is 6.87. The first-order chi connectivity index (χ1) is 14.4. The molecule has 0 spiro atoms. The van der Waals surface area contributed by atoms with Gasteiger partial charge in [-0.3, -0.25) is 19.4 Å². The number of aryl methyl sites for hydroxylation is 1. The molecule has 8 nitrogen and oxygen atoms in total. The lowest BCUT2D eigenvalue weighted by molar-refractivity contribution is -0.135. The molecule has 0 radical (unpaired) electrons. The average molecular weight is 425 g/mol. The quantitative estimate of drug-likeness (QED) is 0.587. The predicted molar refractivity (Wildman–Crippen MR) is 115 cm³/mol. The number of hydrogen-bond acceptors (Lipinski definition) is 6. The number of carbonyl (C=O) groups excluding carboxylic acids is 2. The molecule has 0 unspecified atom stereocenters. The van der Waals surface area contributed by atoms with Crippen molar-refractivity contribution in [2.24, 2.45) is 4.99 Å². The lowest BCUT2D eigenvalue weighted by Crippen LogP contribution is -2.21. The lowest BCUT2D eigenvalue weighted by atomic mass is 10.2. The highest BCUT2D eigenvalue weighted by Crippen LogP contribution is 2.29. The van der Waals surface area contributed by atoms with Crippen molar-refractivity contribution in [1.82, 2.24) is 5.32 Å². The van der Waals surface area contributed by atoms with E-state index >= 15 is 0 Å². The summed E-state index contributed by atoms with van der Waals surface area (Å²) in [5.41, 5.74) is 2.27. The number of amides is 2. The zero-order valence-electron chi connectivity index (χ0n) is 16.0. The summed E-state index contributed by atoms with van der Waals surface area (Å²) in [7, 11) is 0. The minimum absolute atomic E-state index is 0.195. The van der Waals surface area contributed by atoms with E-state index < -0.39 is 12.5 Å². The summed E-state index contributed by atoms with van der Waals surface area (Å²) in [6.07, 6.45) is 1.61. The molecule has 1 aliphatic heterocycles. The molecule has 0 aromatic heterocycles. The Morgan fingerprint density at radius 2 is 1.93 bits per heavy atom. The normalized spacial score (nSPS) is 15.8. The number of aliphatic imine (C=N–C) groups is 1. The fraction of sp³-hybridized carbons (Fsp3) is 0.143. The molecule has 0 atom stereocenters. The van der Waals surface area contributed by atoms with Gasteiger partial charge >= 0.3 is 5.97 Å². The highest BCUT2D eigenvalue weighted by molar-refractivity contribution is 8.18. The van der Waals surface area contributed by atoms with Crippen molar-refractivity contribution in [1.29, 1.82) is 0 Å². The van der Waals surface area contributed by atoms with E-state index in [4.69, 9.17) is 9.84 Å². The third-order valence-electron chi connectivity index (χ3n) is 3.99. The van der Waals surface area contributed by atoms with Crippen LogP contribution in [0.15, 0.2) is 58.4 Å². The Bertz CT molecular complexity index is 1050. The molecular weight excluding hydrogens is 406 g/mol. The second kappa shape index (κ2) is 9.75. The molecule has 9 heteroatoms. The molecule has 3 rings (SSSR count). The molecule has 2 aromatic carbocycles. The molecule has 154 valence electrons. The molecule has 0 bridgehead atoms. The molecule has 0 aliphatic carbocycles. The highest BCUT2D eigenvalue weighted by Gasteiger charge is 2.24. The van der Waals surface area contributed by atoms with Crippen LogP contribution in [0.4, 0.5) is 5.69 Å². The highest BCUT2D eigenvalue weighted by atomic mass is 32.2. The van der Waals surface area contributed by atoms with Crippen LogP contribution in [0.3, 0.4) is 0 Å². The van der Waals surface area contributed by atoms with Crippen molar-refractivity contribution in [3.63, 3.8) is 0 Å². The number of rotatable bonds is 7. The van der Waals surface area contributed by atoms with Crippen LogP contribution in [0.25, 0.3) is 6.08 Å². The van der Waals surface area contributed by atoms with Crippen molar-refractivity contribution in [3.8, 4) is 5.75 Å². The van der Waals surface area contributed by atoms with E-state index in [1.54, 1.807) is 30.3 Å². The summed E-state index contributed by atoms with van der Waals surface area (Å²) in [4.78, 5) is 39.1. The summed E-state index contributed by atoms with van der Waals surface area (Å²) in [5, 5.41) is 14.2. The number of nitrogens with zero attached hydrogens (tertiary/aromatic N) is 1. The molecule has 1 aliphatic rings. The molecule has 30 heavy (non-hydrogen) atoms. The molecular formula is C21H19N3O5S. The van der Waals surface area contributed by atoms with E-state index in [9.17, 15) is 14.4 Å². The van der Waals surface area contributed by atoms with E-state index in [0.29, 0.717) is 21.9 Å². The summed E-state index contributed by atoms with van der Waals surface area (Å²) in [5.74, 6) is -1.33. The van der Waals surface area contributed by atoms with Crippen molar-refractivity contribution in [3.05, 3.63) is 64.6 Å². The summed E-state index contributed by atoms with van der Waals surface area (Å²) >= 11 is 1.04. The summed E-state index contributed by atoms with van der Waals surface area (Å²) in [6, 6.07) is 14.4. The van der Waals surface area contributed by atoms with Crippen molar-refractivity contribution < 1.29 is 24.2 Å². The molecule has 2 aromatic rings. The monoisotopic (exact) mass is 425 g/mol. The van der Waals surface area contributed by atoms with Gasteiger partial charge in [0.25, 0.3) is 11.8 Å². The van der Waals surface area contributed by atoms with E-state index in [1.165, 1.54) is 0 Å². The number of carboxylic acids is 1. The smallest absolute Gasteiger partial charge is 0.325 e. The van der Waals surface area contributed by atoms with Crippen LogP contribution in [0.5, 0.6) is 5.75 Å². The maximum atomic E-state index is 12.2. The van der Waals surface area contributed by atoms with Gasteiger partial charge in [0, 0.05) is 11.3 Å². The van der Waals surface area contributed by atoms with Gasteiger partial charge < -0.3 is 20.5 Å². The second-order valence-electron chi connectivity index (χ2n) is 6.27. The van der Waals surface area contributed by atoms with Crippen LogP contribution in [0, 0.1) is 6.92 Å². The first kappa shape index (κ1) is 21.1. The van der Waals surface area contributed by atoms with Crippen molar-refractivity contribution in [2.45, 2.75) is 6.92 Å². The van der Waals surface area contributed by atoms with Crippen molar-refractivity contribution in [2.75, 3.05) is 18.5 Å². The number of anilines is 1. The van der Waals surface area contributed by atoms with E-state index in [1.807, 2.05) is 31.2 Å². The topological polar surface area (TPSA) is 117 Å². The van der Waals surface area contributed by atoms with Crippen molar-refractivity contribution >= 4 is 46.5 Å². The van der Waals surface area contributed by atoms with Crippen LogP contribution in [0.2, 0.25) is 0 Å². The minimum Gasteiger partial charge on any atom is -0.483 e. The molecule has 1 fully saturated rings. The predicted octanol–water partition coefficient (Wildman–Crippen LogP) is 2.66. The number of nitrogens with one attached hydrogen (secondary N) is 2. The maximum Gasteiger partial charge on any atom is 0.325 e. The minimum atomic E-state index is -1.09. The van der Waals surface area contributed by atoms with Gasteiger partial charge in [-0.25, -0.2) is 0 Å². The van der Waals surface area contributed by atoms with Gasteiger partial charge in [0.1, 0.15) is 12.3 Å². The first-order valence-corrected chi connectivity index (χ1v) is 9.78. The number of amidine groups is 1. The van der Waals surface area contributed by atoms with Crippen LogP contribution >= 0.6 is 11.8 Å². The van der Waals surface area contributed by atoms with Gasteiger partial charge in [0.05, 0.1) is 4.91 Å². The third kappa shape index (κ3) is 5.71. The number of carbonyl (C=O) groups is 3. The van der Waals surface area contributed by atoms with Crippen LogP contribution < -0.4 is 15.4 Å². The number of benzene rings is 2. The van der Waals surface area contributed by atoms with Gasteiger partial charge in [-0.1, -0.05) is 36.4 Å². The summed E-state index contributed by atoms with van der Waals surface area (Å²) in [6.45, 7) is 1.28. The fourth-order valence-corrected chi connectivity index (χ4v) is 3.37. The first-order valence-electron chi connectivity index (χ1n) is 8.97. The molecule has 0 saturated carbocycles. The third-order valence-corrected chi connectivity index (χ3v) is 4.94. The number of aliphatic carboxylic acids is 1. The van der Waals surface area contributed by atoms with Gasteiger partial charge in [0.2, 0.25) is 0 Å². The summed E-state index contributed by atoms with van der Waals surface area (Å²) < 4.78 is 5.66. The number of thioether (sulfide) groups is 1. The number of para-hydroxylation sites is 2. The Morgan fingerprint density at radius 3 is 2.70 bits per heavy atom. The Hall–Kier alpha value is -3.59. The van der Waals surface area contributed by atoms with Gasteiger partial charge in [-0.2, -0.15) is 0 Å². The van der Waals surface area contributed by atoms with Gasteiger partial charge in [-0.15, -0.1) is 0 Å².